The Bertz CT molecular complexity index is 1240. The van der Waals surface area contributed by atoms with Crippen LogP contribution >= 0.6 is 11.6 Å². The Labute approximate surface area is 211 Å². The predicted molar refractivity (Wildman–Crippen MR) is 129 cm³/mol. The number of carbonyl (C=O) groups excluding carboxylic acids is 1. The van der Waals surface area contributed by atoms with E-state index in [9.17, 15) is 18.0 Å². The van der Waals surface area contributed by atoms with Crippen LogP contribution in [0.5, 0.6) is 0 Å². The van der Waals surface area contributed by atoms with Crippen molar-refractivity contribution in [2.24, 2.45) is 10.3 Å². The Hall–Kier alpha value is -3.11. The Morgan fingerprint density at radius 2 is 1.86 bits per heavy atom. The molecule has 2 unspecified atom stereocenters. The molecule has 1 saturated heterocycles. The maximum Gasteiger partial charge on any atom is 0.255 e. The van der Waals surface area contributed by atoms with Gasteiger partial charge in [0, 0.05) is 25.2 Å². The first-order chi connectivity index (χ1) is 17.2. The zero-order valence-electron chi connectivity index (χ0n) is 19.9. The number of carbonyl (C=O) groups is 1. The highest BCUT2D eigenvalue weighted by Crippen LogP contribution is 2.37. The van der Waals surface area contributed by atoms with Gasteiger partial charge in [-0.15, -0.1) is 0 Å². The molecule has 190 valence electrons. The summed E-state index contributed by atoms with van der Waals surface area (Å²) in [6, 6.07) is 5.46. The minimum atomic E-state index is -0.653. The minimum Gasteiger partial charge on any atom is -0.334 e. The molecule has 2 aromatic carbocycles. The van der Waals surface area contributed by atoms with Crippen LogP contribution in [-0.4, -0.2) is 54.1 Å². The third-order valence-electron chi connectivity index (χ3n) is 7.06. The molecule has 0 spiro atoms. The van der Waals surface area contributed by atoms with Crippen molar-refractivity contribution in [2.45, 2.75) is 44.3 Å². The molecule has 3 aliphatic rings. The number of nitrogens with zero attached hydrogens (tertiary/aromatic N) is 4. The summed E-state index contributed by atoms with van der Waals surface area (Å²) < 4.78 is 42.3. The summed E-state index contributed by atoms with van der Waals surface area (Å²) in [4.78, 5) is 15.3. The predicted octanol–water partition coefficient (Wildman–Crippen LogP) is 4.49. The van der Waals surface area contributed by atoms with Crippen molar-refractivity contribution < 1.29 is 18.0 Å². The highest BCUT2D eigenvalue weighted by atomic mass is 35.5. The van der Waals surface area contributed by atoms with E-state index in [0.29, 0.717) is 49.2 Å². The average molecular weight is 519 g/mol. The molecule has 5 rings (SSSR count). The average Bonchev–Trinajstić information content (AvgIpc) is 3.46. The fourth-order valence-electron chi connectivity index (χ4n) is 5.29. The molecule has 0 radical (unpaired) electrons. The Morgan fingerprint density at radius 1 is 1.14 bits per heavy atom. The summed E-state index contributed by atoms with van der Waals surface area (Å²) >= 11 is 6.61. The first kappa shape index (κ1) is 24.6. The number of nitrogens with one attached hydrogen (secondary N) is 2. The molecule has 2 N–H and O–H groups in total. The molecule has 3 heterocycles. The van der Waals surface area contributed by atoms with E-state index in [2.05, 4.69) is 21.2 Å². The lowest BCUT2D eigenvalue weighted by molar-refractivity contribution is 0.0618. The summed E-state index contributed by atoms with van der Waals surface area (Å²) in [5.41, 5.74) is 8.98. The zero-order chi connectivity index (χ0) is 25.6. The van der Waals surface area contributed by atoms with E-state index in [1.54, 1.807) is 17.0 Å². The van der Waals surface area contributed by atoms with E-state index in [4.69, 9.17) is 11.6 Å². The van der Waals surface area contributed by atoms with Crippen molar-refractivity contribution in [3.05, 3.63) is 75.1 Å². The Balaban J connectivity index is 1.39. The summed E-state index contributed by atoms with van der Waals surface area (Å²) in [5.74, 6) is -2.18. The lowest BCUT2D eigenvalue weighted by atomic mass is 9.89. The molecule has 3 aliphatic heterocycles. The number of benzene rings is 2. The van der Waals surface area contributed by atoms with Crippen LogP contribution in [0.25, 0.3) is 5.70 Å². The first-order valence-electron chi connectivity index (χ1n) is 11.8. The van der Waals surface area contributed by atoms with E-state index in [-0.39, 0.29) is 34.6 Å². The van der Waals surface area contributed by atoms with Gasteiger partial charge in [-0.1, -0.05) is 16.8 Å². The fourth-order valence-corrected chi connectivity index (χ4v) is 5.58. The van der Waals surface area contributed by atoms with Crippen LogP contribution < -0.4 is 10.9 Å². The van der Waals surface area contributed by atoms with Gasteiger partial charge in [-0.3, -0.25) is 10.2 Å². The maximum absolute atomic E-state index is 14.5. The van der Waals surface area contributed by atoms with E-state index in [1.807, 2.05) is 6.92 Å². The number of piperidine rings is 1. The van der Waals surface area contributed by atoms with Crippen LogP contribution in [0, 0.1) is 17.5 Å². The number of amides is 1. The summed E-state index contributed by atoms with van der Waals surface area (Å²) in [7, 11) is 1.78. The molecule has 7 nitrogen and oxygen atoms in total. The van der Waals surface area contributed by atoms with Crippen LogP contribution in [0.2, 0.25) is 5.02 Å². The Kier molecular flexibility index (Phi) is 6.65. The molecule has 0 aromatic heterocycles. The van der Waals surface area contributed by atoms with Crippen molar-refractivity contribution in [1.29, 1.82) is 0 Å². The smallest absolute Gasteiger partial charge is 0.255 e. The van der Waals surface area contributed by atoms with Crippen molar-refractivity contribution in [1.82, 2.24) is 20.8 Å². The van der Waals surface area contributed by atoms with Crippen molar-refractivity contribution in [2.75, 3.05) is 20.1 Å². The molecule has 11 heteroatoms. The molecule has 2 aromatic rings. The van der Waals surface area contributed by atoms with E-state index >= 15 is 0 Å². The summed E-state index contributed by atoms with van der Waals surface area (Å²) in [6.07, 6.45) is 1.62. The molecule has 1 fully saturated rings. The van der Waals surface area contributed by atoms with Gasteiger partial charge >= 0.3 is 0 Å². The number of fused-ring (bicyclic) bond motifs is 1. The lowest BCUT2D eigenvalue weighted by Gasteiger charge is -2.39. The monoisotopic (exact) mass is 518 g/mol. The molecule has 0 aliphatic carbocycles. The van der Waals surface area contributed by atoms with Gasteiger partial charge in [0.1, 0.15) is 17.5 Å². The second kappa shape index (κ2) is 9.74. The van der Waals surface area contributed by atoms with Crippen molar-refractivity contribution in [3.8, 4) is 0 Å². The van der Waals surface area contributed by atoms with Crippen LogP contribution in [0.1, 0.15) is 41.3 Å². The maximum atomic E-state index is 14.5. The third-order valence-corrected chi connectivity index (χ3v) is 7.51. The molecular formula is C25H26ClF3N6O. The normalized spacial score (nSPS) is 23.3. The lowest BCUT2D eigenvalue weighted by Crippen LogP contribution is -2.55. The number of hydrogen-bond acceptors (Lipinski definition) is 6. The van der Waals surface area contributed by atoms with E-state index in [0.717, 1.165) is 11.6 Å². The fraction of sp³-hybridized carbons (Fsp3) is 0.400. The van der Waals surface area contributed by atoms with Crippen LogP contribution in [0.4, 0.5) is 13.2 Å². The van der Waals surface area contributed by atoms with Gasteiger partial charge in [0.05, 0.1) is 41.0 Å². The van der Waals surface area contributed by atoms with Crippen LogP contribution in [-0.2, 0) is 6.42 Å². The van der Waals surface area contributed by atoms with Gasteiger partial charge in [-0.2, -0.15) is 5.11 Å². The summed E-state index contributed by atoms with van der Waals surface area (Å²) in [5, 5.41) is 9.63. The topological polar surface area (TPSA) is 72.3 Å². The molecule has 3 atom stereocenters. The second-order valence-corrected chi connectivity index (χ2v) is 9.78. The van der Waals surface area contributed by atoms with Crippen LogP contribution in [0.3, 0.4) is 0 Å². The van der Waals surface area contributed by atoms with Gasteiger partial charge in [0.25, 0.3) is 5.91 Å². The standard InChI is InChI=1S/C25H26ClF3N6O/c1-13-23-20(24(34(2)32-23)15-8-16(27)10-17(28)9-15)5-6-35(13)25(36)21-11-18(29)7-14(22(21)26)3-4-19-12-30-33-31-19/h7-11,13,19,23,32H,3-6,12H2,1-2H3,(H,30,31)/t13-,19?,23?/m1/s1. The number of likely N-dealkylation sites (tertiary alicyclic amines) is 1. The number of aryl methyl sites for hydroxylation is 1. The van der Waals surface area contributed by atoms with Crippen LogP contribution in [0.15, 0.2) is 46.2 Å². The molecular weight excluding hydrogens is 493 g/mol. The van der Waals surface area contributed by atoms with Gasteiger partial charge < -0.3 is 9.91 Å². The van der Waals surface area contributed by atoms with E-state index < -0.39 is 17.5 Å². The quantitative estimate of drug-likeness (QED) is 0.611. The summed E-state index contributed by atoms with van der Waals surface area (Å²) in [6.45, 7) is 2.80. The number of rotatable bonds is 5. The minimum absolute atomic E-state index is 0.0574. The third kappa shape index (κ3) is 4.55. The van der Waals surface area contributed by atoms with Gasteiger partial charge in [0.15, 0.2) is 0 Å². The number of hydrazine groups is 1. The SMILES string of the molecule is C[C@@H]1C2NN(C)C(c3cc(F)cc(F)c3)=C2CCN1C(=O)c1cc(F)cc(CCC2CN=NN2)c1Cl. The van der Waals surface area contributed by atoms with Gasteiger partial charge in [-0.05, 0) is 61.6 Å². The number of halogens is 4. The number of hydrogen-bond donors (Lipinski definition) is 2. The van der Waals surface area contributed by atoms with Gasteiger partial charge in [-0.25, -0.2) is 18.6 Å². The highest BCUT2D eigenvalue weighted by Gasteiger charge is 2.41. The van der Waals surface area contributed by atoms with Gasteiger partial charge in [0.2, 0.25) is 0 Å². The molecule has 1 amide bonds. The molecule has 0 bridgehead atoms. The zero-order valence-corrected chi connectivity index (χ0v) is 20.6. The molecule has 36 heavy (non-hydrogen) atoms. The van der Waals surface area contributed by atoms with E-state index in [1.165, 1.54) is 24.3 Å². The largest absolute Gasteiger partial charge is 0.334 e. The highest BCUT2D eigenvalue weighted by molar-refractivity contribution is 6.34. The first-order valence-corrected chi connectivity index (χ1v) is 12.2. The van der Waals surface area contributed by atoms with Crippen molar-refractivity contribution >= 4 is 23.2 Å². The Morgan fingerprint density at radius 3 is 2.56 bits per heavy atom. The molecule has 0 saturated carbocycles. The van der Waals surface area contributed by atoms with Crippen molar-refractivity contribution in [3.63, 3.8) is 0 Å². The second-order valence-electron chi connectivity index (χ2n) is 9.40.